The lowest BCUT2D eigenvalue weighted by molar-refractivity contribution is -0.159. The molecule has 1 aromatic carbocycles. The summed E-state index contributed by atoms with van der Waals surface area (Å²) in [5.41, 5.74) is 1.52. The number of esters is 1. The van der Waals surface area contributed by atoms with Crippen LogP contribution in [0.3, 0.4) is 0 Å². The summed E-state index contributed by atoms with van der Waals surface area (Å²) < 4.78 is 5.07. The summed E-state index contributed by atoms with van der Waals surface area (Å²) in [6.45, 7) is 2.84. The number of carbonyl (C=O) groups excluding carboxylic acids is 4. The van der Waals surface area contributed by atoms with Crippen molar-refractivity contribution in [3.05, 3.63) is 42.0 Å². The summed E-state index contributed by atoms with van der Waals surface area (Å²) in [5, 5.41) is 2.67. The molecule has 2 fully saturated rings. The van der Waals surface area contributed by atoms with Gasteiger partial charge in [-0.1, -0.05) is 30.4 Å². The number of benzene rings is 1. The number of ether oxygens (including phenoxy) is 1. The molecule has 2 aliphatic carbocycles. The number of amides is 3. The Balaban J connectivity index is 1.35. The lowest BCUT2D eigenvalue weighted by Gasteiger charge is -2.23. The molecule has 0 unspecified atom stereocenters. The molecule has 7 heteroatoms. The van der Waals surface area contributed by atoms with Crippen molar-refractivity contribution in [2.75, 3.05) is 11.9 Å². The van der Waals surface area contributed by atoms with Gasteiger partial charge in [0.05, 0.1) is 11.8 Å². The van der Waals surface area contributed by atoms with Crippen molar-refractivity contribution in [1.29, 1.82) is 0 Å². The Morgan fingerprint density at radius 2 is 1.75 bits per heavy atom. The monoisotopic (exact) mass is 382 g/mol. The first-order chi connectivity index (χ1) is 13.4. The standard InChI is InChI=1S/C21H22N2O5/c1-11-5-3-4-6-15(11)22-16(24)10-28-21(27)12(2)23-19(25)17-13-7-8-14(9-13)18(17)20(23)26/h3-8,12-14,17-18H,9-10H2,1-2H3,(H,22,24)/t12-,13-,14-,17+,18+/m0/s1. The van der Waals surface area contributed by atoms with Crippen molar-refractivity contribution in [3.63, 3.8) is 0 Å². The molecule has 1 heterocycles. The Morgan fingerprint density at radius 3 is 2.36 bits per heavy atom. The minimum absolute atomic E-state index is 0.0829. The van der Waals surface area contributed by atoms with Crippen LogP contribution in [0.2, 0.25) is 0 Å². The molecule has 1 saturated heterocycles. The van der Waals surface area contributed by atoms with E-state index in [0.29, 0.717) is 5.69 Å². The minimum atomic E-state index is -1.05. The second kappa shape index (κ2) is 6.89. The topological polar surface area (TPSA) is 92.8 Å². The van der Waals surface area contributed by atoms with Crippen LogP contribution in [0.15, 0.2) is 36.4 Å². The van der Waals surface area contributed by atoms with Crippen LogP contribution in [-0.4, -0.2) is 41.2 Å². The maximum atomic E-state index is 12.7. The summed E-state index contributed by atoms with van der Waals surface area (Å²) in [4.78, 5) is 50.9. The number of para-hydroxylation sites is 1. The lowest BCUT2D eigenvalue weighted by Crippen LogP contribution is -2.45. The number of hydrogen-bond acceptors (Lipinski definition) is 5. The molecule has 7 nitrogen and oxygen atoms in total. The molecule has 1 aliphatic heterocycles. The number of allylic oxidation sites excluding steroid dienone is 2. The SMILES string of the molecule is Cc1ccccc1NC(=O)COC(=O)[C@H](C)N1C(=O)[C@H]2[C@H](C1=O)[C@H]1C=C[C@H]2C1. The van der Waals surface area contributed by atoms with E-state index in [1.807, 2.05) is 31.2 Å². The molecule has 3 amide bonds. The van der Waals surface area contributed by atoms with Crippen LogP contribution in [0.4, 0.5) is 5.69 Å². The van der Waals surface area contributed by atoms with Crippen molar-refractivity contribution in [2.45, 2.75) is 26.3 Å². The molecule has 28 heavy (non-hydrogen) atoms. The van der Waals surface area contributed by atoms with Gasteiger partial charge in [-0.3, -0.25) is 19.3 Å². The van der Waals surface area contributed by atoms with E-state index in [2.05, 4.69) is 5.32 Å². The molecule has 5 atom stereocenters. The third-order valence-electron chi connectivity index (χ3n) is 6.00. The molecule has 3 aliphatic rings. The van der Waals surface area contributed by atoms with E-state index in [4.69, 9.17) is 4.74 Å². The molecule has 146 valence electrons. The number of fused-ring (bicyclic) bond motifs is 5. The number of rotatable bonds is 5. The molecule has 4 rings (SSSR count). The summed E-state index contributed by atoms with van der Waals surface area (Å²) in [6.07, 6.45) is 4.83. The van der Waals surface area contributed by atoms with E-state index in [1.54, 1.807) is 12.1 Å². The van der Waals surface area contributed by atoms with Crippen LogP contribution in [0.1, 0.15) is 18.9 Å². The molecule has 1 N–H and O–H groups in total. The van der Waals surface area contributed by atoms with Gasteiger partial charge < -0.3 is 10.1 Å². The number of carbonyl (C=O) groups is 4. The van der Waals surface area contributed by atoms with Crippen molar-refractivity contribution >= 4 is 29.4 Å². The van der Waals surface area contributed by atoms with Crippen LogP contribution in [0, 0.1) is 30.6 Å². The normalized spacial score (nSPS) is 28.4. The zero-order valence-electron chi connectivity index (χ0n) is 15.8. The van der Waals surface area contributed by atoms with Gasteiger partial charge in [-0.05, 0) is 43.7 Å². The summed E-state index contributed by atoms with van der Waals surface area (Å²) in [5.74, 6) is -2.40. The average Bonchev–Trinajstić information content (AvgIpc) is 3.35. The van der Waals surface area contributed by atoms with Crippen LogP contribution in [0.5, 0.6) is 0 Å². The fraction of sp³-hybridized carbons (Fsp3) is 0.429. The minimum Gasteiger partial charge on any atom is -0.454 e. The number of anilines is 1. The molecule has 0 aromatic heterocycles. The highest BCUT2D eigenvalue weighted by Crippen LogP contribution is 2.52. The zero-order valence-corrected chi connectivity index (χ0v) is 15.8. The van der Waals surface area contributed by atoms with Crippen LogP contribution < -0.4 is 5.32 Å². The summed E-state index contributed by atoms with van der Waals surface area (Å²) >= 11 is 0. The third kappa shape index (κ3) is 2.91. The Labute approximate surface area is 162 Å². The van der Waals surface area contributed by atoms with E-state index >= 15 is 0 Å². The van der Waals surface area contributed by atoms with E-state index in [9.17, 15) is 19.2 Å². The van der Waals surface area contributed by atoms with Gasteiger partial charge in [0.1, 0.15) is 6.04 Å². The first-order valence-electron chi connectivity index (χ1n) is 9.46. The number of hydrogen-bond donors (Lipinski definition) is 1. The molecular formula is C21H22N2O5. The lowest BCUT2D eigenvalue weighted by atomic mass is 9.85. The Hall–Kier alpha value is -2.96. The number of likely N-dealkylation sites (tertiary alicyclic amines) is 1. The highest BCUT2D eigenvalue weighted by Gasteiger charge is 2.60. The largest absolute Gasteiger partial charge is 0.454 e. The first kappa shape index (κ1) is 18.4. The average molecular weight is 382 g/mol. The Kier molecular flexibility index (Phi) is 4.53. The van der Waals surface area contributed by atoms with Gasteiger partial charge in [-0.2, -0.15) is 0 Å². The fourth-order valence-corrected chi connectivity index (χ4v) is 4.57. The van der Waals surface area contributed by atoms with Gasteiger partial charge >= 0.3 is 5.97 Å². The maximum absolute atomic E-state index is 12.7. The zero-order chi connectivity index (χ0) is 20.0. The molecule has 2 bridgehead atoms. The summed E-state index contributed by atoms with van der Waals surface area (Å²) in [7, 11) is 0. The van der Waals surface area contributed by atoms with E-state index < -0.39 is 24.5 Å². The van der Waals surface area contributed by atoms with Crippen molar-refractivity contribution in [1.82, 2.24) is 4.90 Å². The Bertz CT molecular complexity index is 863. The highest BCUT2D eigenvalue weighted by atomic mass is 16.5. The third-order valence-corrected chi connectivity index (χ3v) is 6.00. The smallest absolute Gasteiger partial charge is 0.329 e. The van der Waals surface area contributed by atoms with E-state index in [0.717, 1.165) is 16.9 Å². The maximum Gasteiger partial charge on any atom is 0.329 e. The van der Waals surface area contributed by atoms with Gasteiger partial charge in [0.2, 0.25) is 11.8 Å². The van der Waals surface area contributed by atoms with E-state index in [1.165, 1.54) is 6.92 Å². The molecular weight excluding hydrogens is 360 g/mol. The Morgan fingerprint density at radius 1 is 1.14 bits per heavy atom. The van der Waals surface area contributed by atoms with Crippen LogP contribution in [-0.2, 0) is 23.9 Å². The summed E-state index contributed by atoms with van der Waals surface area (Å²) in [6, 6.07) is 6.21. The second-order valence-corrected chi connectivity index (χ2v) is 7.69. The predicted octanol–water partition coefficient (Wildman–Crippen LogP) is 1.67. The van der Waals surface area contributed by atoms with Crippen molar-refractivity contribution in [2.24, 2.45) is 23.7 Å². The van der Waals surface area contributed by atoms with Crippen LogP contribution in [0.25, 0.3) is 0 Å². The van der Waals surface area contributed by atoms with E-state index in [-0.39, 0.29) is 35.5 Å². The number of nitrogens with one attached hydrogen (secondary N) is 1. The number of imide groups is 1. The van der Waals surface area contributed by atoms with Gasteiger partial charge in [0, 0.05) is 5.69 Å². The molecule has 1 saturated carbocycles. The first-order valence-corrected chi connectivity index (χ1v) is 9.46. The molecule has 1 aromatic rings. The fourth-order valence-electron chi connectivity index (χ4n) is 4.57. The van der Waals surface area contributed by atoms with Crippen LogP contribution >= 0.6 is 0 Å². The second-order valence-electron chi connectivity index (χ2n) is 7.69. The molecule has 0 spiro atoms. The highest BCUT2D eigenvalue weighted by molar-refractivity contribution is 6.09. The van der Waals surface area contributed by atoms with Gasteiger partial charge in [0.15, 0.2) is 6.61 Å². The quantitative estimate of drug-likeness (QED) is 0.475. The van der Waals surface area contributed by atoms with Gasteiger partial charge in [-0.15, -0.1) is 0 Å². The van der Waals surface area contributed by atoms with Gasteiger partial charge in [0.25, 0.3) is 5.91 Å². The van der Waals surface area contributed by atoms with Crippen molar-refractivity contribution in [3.8, 4) is 0 Å². The predicted molar refractivity (Wildman–Crippen MR) is 99.8 cm³/mol. The van der Waals surface area contributed by atoms with Gasteiger partial charge in [-0.25, -0.2) is 4.79 Å². The van der Waals surface area contributed by atoms with Crippen molar-refractivity contribution < 1.29 is 23.9 Å². The number of nitrogens with zero attached hydrogens (tertiary/aromatic N) is 1. The number of aryl methyl sites for hydroxylation is 1. The molecule has 0 radical (unpaired) electrons.